The molecule has 0 spiro atoms. The Morgan fingerprint density at radius 2 is 1.94 bits per heavy atom. The number of fused-ring (bicyclic) bond motifs is 2. The summed E-state index contributed by atoms with van der Waals surface area (Å²) < 4.78 is 17.7. The predicted octanol–water partition coefficient (Wildman–Crippen LogP) is 2.23. The number of carbonyl (C=O) groups excluding carboxylic acids is 2. The lowest BCUT2D eigenvalue weighted by atomic mass is 10.0. The van der Waals surface area contributed by atoms with Gasteiger partial charge in [-0.2, -0.15) is 0 Å². The van der Waals surface area contributed by atoms with Gasteiger partial charge < -0.3 is 14.8 Å². The number of anilines is 1. The minimum Gasteiger partial charge on any atom is -0.337 e. The molecule has 2 atom stereocenters. The molecule has 2 unspecified atom stereocenters. The van der Waals surface area contributed by atoms with Gasteiger partial charge in [0, 0.05) is 37.8 Å². The van der Waals surface area contributed by atoms with Gasteiger partial charge in [-0.1, -0.05) is 18.2 Å². The van der Waals surface area contributed by atoms with E-state index in [0.29, 0.717) is 55.2 Å². The van der Waals surface area contributed by atoms with Crippen molar-refractivity contribution in [1.82, 2.24) is 24.6 Å². The largest absolute Gasteiger partial charge is 0.337 e. The van der Waals surface area contributed by atoms with Crippen LogP contribution in [0.15, 0.2) is 41.3 Å². The number of aryl methyl sites for hydroxylation is 2. The minimum atomic E-state index is -0.775. The van der Waals surface area contributed by atoms with Crippen molar-refractivity contribution in [2.45, 2.75) is 57.2 Å². The molecule has 1 aliphatic carbocycles. The Labute approximate surface area is 206 Å². The van der Waals surface area contributed by atoms with Crippen LogP contribution >= 0.6 is 0 Å². The number of hydrogen-bond acceptors (Lipinski definition) is 5. The summed E-state index contributed by atoms with van der Waals surface area (Å²) in [7, 11) is 1.62. The van der Waals surface area contributed by atoms with Crippen LogP contribution in [0.2, 0.25) is 0 Å². The molecule has 0 bridgehead atoms. The number of rotatable bonds is 5. The summed E-state index contributed by atoms with van der Waals surface area (Å²) in [5.74, 6) is -0.0172. The molecule has 186 valence electrons. The van der Waals surface area contributed by atoms with Crippen molar-refractivity contribution in [2.24, 2.45) is 5.92 Å². The molecule has 2 amide bonds. The number of halogens is 1. The van der Waals surface area contributed by atoms with Crippen molar-refractivity contribution in [3.63, 3.8) is 0 Å². The van der Waals surface area contributed by atoms with E-state index in [4.69, 9.17) is 0 Å². The Bertz CT molecular complexity index is 1430. The van der Waals surface area contributed by atoms with Gasteiger partial charge in [-0.05, 0) is 49.7 Å². The molecule has 3 aliphatic rings. The summed E-state index contributed by atoms with van der Waals surface area (Å²) in [6.45, 7) is 0.703. The molecule has 10 heteroatoms. The lowest BCUT2D eigenvalue weighted by Crippen LogP contribution is -2.47. The zero-order valence-electron chi connectivity index (χ0n) is 20.0. The maximum atomic E-state index is 14.4. The molecule has 6 rings (SSSR count). The van der Waals surface area contributed by atoms with Gasteiger partial charge >= 0.3 is 0 Å². The fraction of sp³-hybridized carbons (Fsp3) is 0.423. The number of pyridine rings is 1. The molecule has 2 aliphatic heterocycles. The van der Waals surface area contributed by atoms with E-state index in [1.54, 1.807) is 34.5 Å². The number of hydrogen-bond donors (Lipinski definition) is 1. The molecular formula is C26H27FN6O3. The highest BCUT2D eigenvalue weighted by Gasteiger charge is 2.34. The van der Waals surface area contributed by atoms with Crippen molar-refractivity contribution in [3.8, 4) is 0 Å². The molecule has 1 fully saturated rings. The SMILES string of the molecule is CN1C(=O)C(NC(=O)c2nc3n(n2)C(c2ccccc2F)CC3)CCc2cn(CC3CC3)c(=O)cc21. The van der Waals surface area contributed by atoms with Crippen molar-refractivity contribution in [1.29, 1.82) is 0 Å². The molecule has 1 N–H and O–H groups in total. The second kappa shape index (κ2) is 8.69. The number of aromatic nitrogens is 4. The molecule has 4 heterocycles. The first-order valence-electron chi connectivity index (χ1n) is 12.4. The Kier molecular flexibility index (Phi) is 5.46. The zero-order chi connectivity index (χ0) is 25.0. The van der Waals surface area contributed by atoms with Crippen LogP contribution in [0, 0.1) is 11.7 Å². The third-order valence-corrected chi connectivity index (χ3v) is 7.44. The highest BCUT2D eigenvalue weighted by atomic mass is 19.1. The molecule has 1 saturated carbocycles. The highest BCUT2D eigenvalue weighted by Crippen LogP contribution is 2.32. The van der Waals surface area contributed by atoms with Crippen LogP contribution in [0.1, 0.15) is 59.3 Å². The standard InChI is InChI=1S/C26H27FN6O3/c1-31-21-12-23(34)32(13-15-6-7-15)14-16(21)8-9-19(26(31)36)28-25(35)24-29-22-11-10-20(33(22)30-24)17-4-2-3-5-18(17)27/h2-5,12,14-15,19-20H,6-11,13H2,1H3,(H,28,35). The van der Waals surface area contributed by atoms with E-state index >= 15 is 0 Å². The summed E-state index contributed by atoms with van der Waals surface area (Å²) in [6.07, 6.45) is 6.32. The lowest BCUT2D eigenvalue weighted by Gasteiger charge is -2.22. The Balaban J connectivity index is 1.20. The van der Waals surface area contributed by atoms with Gasteiger partial charge in [0.15, 0.2) is 0 Å². The maximum Gasteiger partial charge on any atom is 0.291 e. The van der Waals surface area contributed by atoms with Gasteiger partial charge in [0.2, 0.25) is 11.7 Å². The van der Waals surface area contributed by atoms with Crippen molar-refractivity contribution < 1.29 is 14.0 Å². The van der Waals surface area contributed by atoms with E-state index in [9.17, 15) is 18.8 Å². The molecule has 2 aromatic heterocycles. The fourth-order valence-electron chi connectivity index (χ4n) is 5.26. The van der Waals surface area contributed by atoms with Gasteiger partial charge in [-0.3, -0.25) is 14.4 Å². The number of amides is 2. The number of likely N-dealkylation sites (N-methyl/N-ethyl adjacent to an activating group) is 1. The molecule has 1 aromatic carbocycles. The molecule has 0 radical (unpaired) electrons. The van der Waals surface area contributed by atoms with E-state index in [1.165, 1.54) is 17.0 Å². The second-order valence-electron chi connectivity index (χ2n) is 9.95. The Hall–Kier alpha value is -3.82. The van der Waals surface area contributed by atoms with Gasteiger partial charge in [0.1, 0.15) is 17.7 Å². The molecular weight excluding hydrogens is 463 g/mol. The molecule has 36 heavy (non-hydrogen) atoms. The summed E-state index contributed by atoms with van der Waals surface area (Å²) in [4.78, 5) is 44.7. The summed E-state index contributed by atoms with van der Waals surface area (Å²) in [6, 6.07) is 6.96. The van der Waals surface area contributed by atoms with Crippen molar-refractivity contribution in [2.75, 3.05) is 11.9 Å². The Morgan fingerprint density at radius 3 is 2.72 bits per heavy atom. The van der Waals surface area contributed by atoms with Crippen molar-refractivity contribution >= 4 is 17.5 Å². The first-order valence-corrected chi connectivity index (χ1v) is 12.4. The van der Waals surface area contributed by atoms with Crippen LogP contribution in [-0.4, -0.2) is 44.2 Å². The van der Waals surface area contributed by atoms with E-state index in [2.05, 4.69) is 15.4 Å². The minimum absolute atomic E-state index is 0.0348. The average molecular weight is 491 g/mol. The topological polar surface area (TPSA) is 102 Å². The third kappa shape index (κ3) is 4.00. The van der Waals surface area contributed by atoms with E-state index in [0.717, 1.165) is 18.4 Å². The van der Waals surface area contributed by atoms with Gasteiger partial charge in [-0.25, -0.2) is 14.1 Å². The summed E-state index contributed by atoms with van der Waals surface area (Å²) >= 11 is 0. The lowest BCUT2D eigenvalue weighted by molar-refractivity contribution is -0.120. The first-order chi connectivity index (χ1) is 17.4. The van der Waals surface area contributed by atoms with E-state index in [1.807, 2.05) is 6.20 Å². The zero-order valence-corrected chi connectivity index (χ0v) is 20.0. The second-order valence-corrected chi connectivity index (χ2v) is 9.95. The quantitative estimate of drug-likeness (QED) is 0.591. The van der Waals surface area contributed by atoms with Crippen LogP contribution in [0.5, 0.6) is 0 Å². The van der Waals surface area contributed by atoms with Gasteiger partial charge in [0.05, 0.1) is 11.7 Å². The van der Waals surface area contributed by atoms with Crippen LogP contribution < -0.4 is 15.8 Å². The number of nitrogens with zero attached hydrogens (tertiary/aromatic N) is 5. The number of benzene rings is 1. The highest BCUT2D eigenvalue weighted by molar-refractivity contribution is 6.01. The fourth-order valence-corrected chi connectivity index (χ4v) is 5.26. The number of carbonyl (C=O) groups is 2. The Morgan fingerprint density at radius 1 is 1.14 bits per heavy atom. The predicted molar refractivity (Wildman–Crippen MR) is 129 cm³/mol. The van der Waals surface area contributed by atoms with Crippen LogP contribution in [0.25, 0.3) is 0 Å². The van der Waals surface area contributed by atoms with Gasteiger partial charge in [0.25, 0.3) is 11.5 Å². The van der Waals surface area contributed by atoms with Crippen molar-refractivity contribution in [3.05, 3.63) is 75.5 Å². The molecule has 0 saturated heterocycles. The maximum absolute atomic E-state index is 14.4. The third-order valence-electron chi connectivity index (χ3n) is 7.44. The van der Waals surface area contributed by atoms with Crippen LogP contribution in [0.3, 0.4) is 0 Å². The summed E-state index contributed by atoms with van der Waals surface area (Å²) in [5, 5.41) is 7.16. The monoisotopic (exact) mass is 490 g/mol. The van der Waals surface area contributed by atoms with Crippen LogP contribution in [-0.2, 0) is 24.2 Å². The van der Waals surface area contributed by atoms with Gasteiger partial charge in [-0.15, -0.1) is 5.10 Å². The molecule has 9 nitrogen and oxygen atoms in total. The average Bonchev–Trinajstić information content (AvgIpc) is 3.47. The van der Waals surface area contributed by atoms with Crippen LogP contribution in [0.4, 0.5) is 10.1 Å². The first kappa shape index (κ1) is 22.6. The van der Waals surface area contributed by atoms with E-state index < -0.39 is 11.9 Å². The molecule has 3 aromatic rings. The summed E-state index contributed by atoms with van der Waals surface area (Å²) in [5.41, 5.74) is 1.89. The van der Waals surface area contributed by atoms with E-state index in [-0.39, 0.29) is 29.1 Å². The number of nitrogens with one attached hydrogen (secondary N) is 1. The smallest absolute Gasteiger partial charge is 0.291 e. The normalized spacial score (nSPS) is 21.2.